The third-order valence-corrected chi connectivity index (χ3v) is 2.43. The first kappa shape index (κ1) is 12.5. The molecule has 0 aliphatic heterocycles. The first-order valence-electron chi connectivity index (χ1n) is 4.95. The van der Waals surface area contributed by atoms with Gasteiger partial charge in [-0.3, -0.25) is 4.79 Å². The summed E-state index contributed by atoms with van der Waals surface area (Å²) in [5.41, 5.74) is 2.19. The monoisotopic (exact) mass is 236 g/mol. The topological polar surface area (TPSA) is 33.5 Å². The van der Waals surface area contributed by atoms with Crippen LogP contribution in [0.2, 0.25) is 0 Å². The number of carbonyl (C=O) groups is 1. The second kappa shape index (κ2) is 5.53. The minimum atomic E-state index is -0.259. The zero-order valence-electron chi connectivity index (χ0n) is 9.25. The number of alkyl halides is 1. The summed E-state index contributed by atoms with van der Waals surface area (Å²) in [5.74, 6) is -0.0594. The molecular formula is C12H13ClN2O. The quantitative estimate of drug-likeness (QED) is 0.632. The number of nitrogens with zero attached hydrogens (tertiary/aromatic N) is 1. The summed E-state index contributed by atoms with van der Waals surface area (Å²) in [4.78, 5) is 14.6. The molecule has 0 aliphatic carbocycles. The Balaban J connectivity index is 3.11. The van der Waals surface area contributed by atoms with Crippen molar-refractivity contribution in [1.82, 2.24) is 0 Å². The Morgan fingerprint density at radius 3 is 2.75 bits per heavy atom. The van der Waals surface area contributed by atoms with Gasteiger partial charge >= 0.3 is 0 Å². The van der Waals surface area contributed by atoms with Gasteiger partial charge in [0.1, 0.15) is 5.88 Å². The van der Waals surface area contributed by atoms with Crippen LogP contribution in [-0.2, 0) is 4.79 Å². The molecule has 1 amide bonds. The zero-order valence-corrected chi connectivity index (χ0v) is 10.0. The lowest BCUT2D eigenvalue weighted by molar-refractivity contribution is -0.113. The molecule has 1 rings (SSSR count). The van der Waals surface area contributed by atoms with E-state index in [9.17, 15) is 4.79 Å². The van der Waals surface area contributed by atoms with E-state index in [0.717, 1.165) is 5.56 Å². The van der Waals surface area contributed by atoms with E-state index >= 15 is 0 Å². The Hall–Kier alpha value is -1.53. The summed E-state index contributed by atoms with van der Waals surface area (Å²) in [6.45, 7) is 11.0. The Kier molecular flexibility index (Phi) is 4.33. The molecule has 0 unspecified atom stereocenters. The highest BCUT2D eigenvalue weighted by atomic mass is 35.5. The number of nitrogens with one attached hydrogen (secondary N) is 1. The SMILES string of the molecule is [C-]#[N+]c1ccc(C(C)C)c(NC(=O)CCl)c1. The van der Waals surface area contributed by atoms with E-state index in [4.69, 9.17) is 18.2 Å². The zero-order chi connectivity index (χ0) is 12.1. The second-order valence-corrected chi connectivity index (χ2v) is 3.99. The van der Waals surface area contributed by atoms with Gasteiger partial charge < -0.3 is 5.32 Å². The molecule has 3 nitrogen and oxygen atoms in total. The number of benzene rings is 1. The van der Waals surface area contributed by atoms with E-state index in [1.165, 1.54) is 0 Å². The van der Waals surface area contributed by atoms with Gasteiger partial charge in [0.05, 0.1) is 6.57 Å². The van der Waals surface area contributed by atoms with E-state index in [2.05, 4.69) is 10.2 Å². The first-order valence-corrected chi connectivity index (χ1v) is 5.49. The Morgan fingerprint density at radius 1 is 1.56 bits per heavy atom. The minimum absolute atomic E-state index is 0.0836. The molecule has 0 aliphatic rings. The molecule has 4 heteroatoms. The van der Waals surface area contributed by atoms with Crippen molar-refractivity contribution in [2.45, 2.75) is 19.8 Å². The molecule has 0 heterocycles. The molecule has 84 valence electrons. The molecular weight excluding hydrogens is 224 g/mol. The third-order valence-electron chi connectivity index (χ3n) is 2.18. The van der Waals surface area contributed by atoms with Crippen LogP contribution in [0.3, 0.4) is 0 Å². The highest BCUT2D eigenvalue weighted by molar-refractivity contribution is 6.29. The van der Waals surface area contributed by atoms with Crippen molar-refractivity contribution in [3.63, 3.8) is 0 Å². The van der Waals surface area contributed by atoms with Crippen LogP contribution >= 0.6 is 11.6 Å². The van der Waals surface area contributed by atoms with Gasteiger partial charge in [-0.1, -0.05) is 26.0 Å². The number of anilines is 1. The molecule has 1 aromatic rings. The molecule has 0 bridgehead atoms. The molecule has 1 aromatic carbocycles. The van der Waals surface area contributed by atoms with Crippen LogP contribution in [-0.4, -0.2) is 11.8 Å². The van der Waals surface area contributed by atoms with E-state index in [1.54, 1.807) is 12.1 Å². The maximum absolute atomic E-state index is 11.2. The average Bonchev–Trinajstić information content (AvgIpc) is 2.28. The maximum Gasteiger partial charge on any atom is 0.239 e. The van der Waals surface area contributed by atoms with E-state index < -0.39 is 0 Å². The molecule has 0 aromatic heterocycles. The maximum atomic E-state index is 11.2. The Bertz CT molecular complexity index is 435. The van der Waals surface area contributed by atoms with E-state index in [-0.39, 0.29) is 17.7 Å². The first-order chi connectivity index (χ1) is 7.58. The molecule has 0 atom stereocenters. The van der Waals surface area contributed by atoms with Crippen molar-refractivity contribution >= 4 is 28.9 Å². The summed E-state index contributed by atoms with van der Waals surface area (Å²) >= 11 is 5.43. The summed E-state index contributed by atoms with van der Waals surface area (Å²) in [5, 5.41) is 2.70. The largest absolute Gasteiger partial charge is 0.326 e. The van der Waals surface area contributed by atoms with Gasteiger partial charge in [-0.15, -0.1) is 11.6 Å². The van der Waals surface area contributed by atoms with Crippen LogP contribution in [0.5, 0.6) is 0 Å². The number of rotatable bonds is 3. The smallest absolute Gasteiger partial charge is 0.239 e. The standard InChI is InChI=1S/C12H13ClN2O/c1-8(2)10-5-4-9(14-3)6-11(10)15-12(16)7-13/h4-6,8H,7H2,1-2H3,(H,15,16). The minimum Gasteiger partial charge on any atom is -0.326 e. The fourth-order valence-corrected chi connectivity index (χ4v) is 1.48. The highest BCUT2D eigenvalue weighted by Crippen LogP contribution is 2.28. The number of carbonyl (C=O) groups excluding carboxylic acids is 1. The lowest BCUT2D eigenvalue weighted by Crippen LogP contribution is -2.14. The molecule has 16 heavy (non-hydrogen) atoms. The van der Waals surface area contributed by atoms with E-state index in [0.29, 0.717) is 11.4 Å². The third kappa shape index (κ3) is 2.98. The van der Waals surface area contributed by atoms with Crippen LogP contribution in [0.15, 0.2) is 18.2 Å². The Morgan fingerprint density at radius 2 is 2.25 bits per heavy atom. The van der Waals surface area contributed by atoms with Crippen molar-refractivity contribution in [1.29, 1.82) is 0 Å². The van der Waals surface area contributed by atoms with Gasteiger partial charge in [-0.2, -0.15) is 0 Å². The lowest BCUT2D eigenvalue weighted by atomic mass is 10.0. The van der Waals surface area contributed by atoms with Gasteiger partial charge in [0.2, 0.25) is 5.91 Å². The number of hydrogen-bond acceptors (Lipinski definition) is 1. The van der Waals surface area contributed by atoms with Crippen LogP contribution in [0.1, 0.15) is 25.3 Å². The second-order valence-electron chi connectivity index (χ2n) is 3.72. The molecule has 0 fully saturated rings. The lowest BCUT2D eigenvalue weighted by Gasteiger charge is -2.13. The van der Waals surface area contributed by atoms with Gasteiger partial charge in [0.15, 0.2) is 5.69 Å². The summed E-state index contributed by atoms with van der Waals surface area (Å²) in [6, 6.07) is 5.29. The van der Waals surface area contributed by atoms with Crippen molar-refractivity contribution in [3.8, 4) is 0 Å². The van der Waals surface area contributed by atoms with Crippen LogP contribution in [0.25, 0.3) is 4.85 Å². The summed E-state index contributed by atoms with van der Waals surface area (Å²) < 4.78 is 0. The average molecular weight is 237 g/mol. The highest BCUT2D eigenvalue weighted by Gasteiger charge is 2.09. The van der Waals surface area contributed by atoms with Crippen LogP contribution < -0.4 is 5.32 Å². The van der Waals surface area contributed by atoms with Crippen molar-refractivity contribution < 1.29 is 4.79 Å². The summed E-state index contributed by atoms with van der Waals surface area (Å²) in [6.07, 6.45) is 0. The normalized spacial score (nSPS) is 9.94. The predicted molar refractivity (Wildman–Crippen MR) is 66.1 cm³/mol. The van der Waals surface area contributed by atoms with Crippen molar-refractivity contribution in [3.05, 3.63) is 35.2 Å². The van der Waals surface area contributed by atoms with Gasteiger partial charge in [-0.05, 0) is 17.5 Å². The van der Waals surface area contributed by atoms with Crippen LogP contribution in [0, 0.1) is 6.57 Å². The molecule has 0 saturated heterocycles. The fourth-order valence-electron chi connectivity index (χ4n) is 1.41. The van der Waals surface area contributed by atoms with Crippen LogP contribution in [0.4, 0.5) is 11.4 Å². The number of amides is 1. The molecule has 0 saturated carbocycles. The van der Waals surface area contributed by atoms with Gasteiger partial charge in [0.25, 0.3) is 0 Å². The van der Waals surface area contributed by atoms with Gasteiger partial charge in [-0.25, -0.2) is 4.85 Å². The van der Waals surface area contributed by atoms with Gasteiger partial charge in [0, 0.05) is 5.69 Å². The summed E-state index contributed by atoms with van der Waals surface area (Å²) in [7, 11) is 0. The molecule has 1 N–H and O–H groups in total. The fraction of sp³-hybridized carbons (Fsp3) is 0.333. The van der Waals surface area contributed by atoms with Crippen molar-refractivity contribution in [2.24, 2.45) is 0 Å². The Labute approximate surface area is 100 Å². The van der Waals surface area contributed by atoms with E-state index in [1.807, 2.05) is 19.9 Å². The molecule has 0 spiro atoms. The van der Waals surface area contributed by atoms with Crippen molar-refractivity contribution in [2.75, 3.05) is 11.2 Å². The number of halogens is 1. The predicted octanol–water partition coefficient (Wildman–Crippen LogP) is 3.54. The number of hydrogen-bond donors (Lipinski definition) is 1. The molecule has 0 radical (unpaired) electrons.